The molecule has 0 spiro atoms. The van der Waals surface area contributed by atoms with Crippen molar-refractivity contribution in [1.82, 2.24) is 5.32 Å². The molecule has 0 bridgehead atoms. The van der Waals surface area contributed by atoms with E-state index in [4.69, 9.17) is 15.2 Å². The van der Waals surface area contributed by atoms with Crippen LogP contribution in [0, 0.1) is 0 Å². The maximum absolute atomic E-state index is 12.1. The third-order valence-corrected chi connectivity index (χ3v) is 2.97. The fraction of sp³-hybridized carbons (Fsp3) is 0.500. The van der Waals surface area contributed by atoms with E-state index < -0.39 is 5.54 Å². The van der Waals surface area contributed by atoms with Crippen LogP contribution in [0.15, 0.2) is 18.2 Å². The Morgan fingerprint density at radius 2 is 1.95 bits per heavy atom. The zero-order valence-electron chi connectivity index (χ0n) is 11.8. The normalized spacial score (nSPS) is 13.9. The van der Waals surface area contributed by atoms with E-state index in [1.165, 1.54) is 0 Å². The molecule has 20 heavy (non-hydrogen) atoms. The minimum absolute atomic E-state index is 0. The molecule has 0 atom stereocenters. The third kappa shape index (κ3) is 4.02. The molecule has 0 unspecified atom stereocenters. The molecule has 1 heterocycles. The molecule has 2 rings (SSSR count). The van der Waals surface area contributed by atoms with E-state index in [9.17, 15) is 4.79 Å². The van der Waals surface area contributed by atoms with Gasteiger partial charge in [-0.15, -0.1) is 12.4 Å². The third-order valence-electron chi connectivity index (χ3n) is 2.97. The monoisotopic (exact) mass is 300 g/mol. The first-order valence-electron chi connectivity index (χ1n) is 6.44. The van der Waals surface area contributed by atoms with Gasteiger partial charge in [0.2, 0.25) is 0 Å². The lowest BCUT2D eigenvalue weighted by Gasteiger charge is -2.24. The fourth-order valence-corrected chi connectivity index (χ4v) is 1.74. The van der Waals surface area contributed by atoms with Gasteiger partial charge in [-0.1, -0.05) is 0 Å². The lowest BCUT2D eigenvalue weighted by atomic mass is 10.1. The van der Waals surface area contributed by atoms with Crippen LogP contribution >= 0.6 is 12.4 Å². The van der Waals surface area contributed by atoms with Crippen LogP contribution in [0.5, 0.6) is 11.5 Å². The van der Waals surface area contributed by atoms with Crippen LogP contribution in [0.1, 0.15) is 30.6 Å². The second kappa shape index (κ2) is 6.81. The molecule has 0 aliphatic carbocycles. The van der Waals surface area contributed by atoms with Crippen molar-refractivity contribution in [1.29, 1.82) is 0 Å². The van der Waals surface area contributed by atoms with E-state index in [-0.39, 0.29) is 18.3 Å². The van der Waals surface area contributed by atoms with Gasteiger partial charge >= 0.3 is 0 Å². The van der Waals surface area contributed by atoms with Gasteiger partial charge in [0, 0.05) is 24.1 Å². The number of amides is 1. The molecule has 1 aliphatic heterocycles. The molecule has 1 aliphatic rings. The second-order valence-corrected chi connectivity index (χ2v) is 5.25. The summed E-state index contributed by atoms with van der Waals surface area (Å²) in [6, 6.07) is 5.21. The quantitative estimate of drug-likeness (QED) is 0.892. The first-order valence-corrected chi connectivity index (χ1v) is 6.44. The van der Waals surface area contributed by atoms with E-state index in [1.54, 1.807) is 18.2 Å². The maximum atomic E-state index is 12.1. The van der Waals surface area contributed by atoms with Gasteiger partial charge in [0.1, 0.15) is 0 Å². The molecule has 0 saturated carbocycles. The van der Waals surface area contributed by atoms with Crippen molar-refractivity contribution in [2.75, 3.05) is 19.8 Å². The van der Waals surface area contributed by atoms with Crippen LogP contribution in [-0.2, 0) is 0 Å². The minimum atomic E-state index is -0.429. The van der Waals surface area contributed by atoms with E-state index >= 15 is 0 Å². The smallest absolute Gasteiger partial charge is 0.251 e. The first kappa shape index (κ1) is 16.6. The van der Waals surface area contributed by atoms with Crippen LogP contribution in [0.2, 0.25) is 0 Å². The number of nitrogens with two attached hydrogens (primary N) is 1. The highest BCUT2D eigenvalue weighted by Gasteiger charge is 2.20. The molecule has 0 aromatic heterocycles. The van der Waals surface area contributed by atoms with Crippen LogP contribution in [0.4, 0.5) is 0 Å². The Kier molecular flexibility index (Phi) is 5.65. The van der Waals surface area contributed by atoms with Crippen molar-refractivity contribution in [2.45, 2.75) is 25.8 Å². The van der Waals surface area contributed by atoms with E-state index in [0.29, 0.717) is 36.8 Å². The molecule has 6 heteroatoms. The van der Waals surface area contributed by atoms with Crippen LogP contribution in [0.3, 0.4) is 0 Å². The Bertz CT molecular complexity index is 477. The lowest BCUT2D eigenvalue weighted by Crippen LogP contribution is -2.48. The highest BCUT2D eigenvalue weighted by atomic mass is 35.5. The summed E-state index contributed by atoms with van der Waals surface area (Å²) in [5.74, 6) is 1.15. The van der Waals surface area contributed by atoms with E-state index in [1.807, 2.05) is 13.8 Å². The Balaban J connectivity index is 0.00000200. The average Bonchev–Trinajstić information content (AvgIpc) is 2.62. The Morgan fingerprint density at radius 1 is 1.30 bits per heavy atom. The van der Waals surface area contributed by atoms with Crippen molar-refractivity contribution < 1.29 is 14.3 Å². The van der Waals surface area contributed by atoms with E-state index in [2.05, 4.69) is 5.32 Å². The van der Waals surface area contributed by atoms with Gasteiger partial charge in [-0.25, -0.2) is 0 Å². The number of hydrogen-bond acceptors (Lipinski definition) is 4. The Labute approximate surface area is 125 Å². The molecule has 1 aromatic carbocycles. The summed E-state index contributed by atoms with van der Waals surface area (Å²) in [4.78, 5) is 12.1. The second-order valence-electron chi connectivity index (χ2n) is 5.25. The molecular weight excluding hydrogens is 280 g/mol. The highest BCUT2D eigenvalue weighted by Crippen LogP contribution is 2.30. The summed E-state index contributed by atoms with van der Waals surface area (Å²) < 4.78 is 11.1. The number of carbonyl (C=O) groups is 1. The van der Waals surface area contributed by atoms with Crippen molar-refractivity contribution >= 4 is 18.3 Å². The van der Waals surface area contributed by atoms with E-state index in [0.717, 1.165) is 6.42 Å². The number of rotatable bonds is 3. The number of nitrogens with one attached hydrogen (secondary N) is 1. The standard InChI is InChI=1S/C14H20N2O3.ClH/c1-14(2,9-15)16-13(17)10-4-5-11-12(8-10)19-7-3-6-18-11;/h4-5,8H,3,6-7,9,15H2,1-2H3,(H,16,17);1H. The van der Waals surface area contributed by atoms with Gasteiger partial charge in [-0.2, -0.15) is 0 Å². The van der Waals surface area contributed by atoms with Crippen LogP contribution < -0.4 is 20.5 Å². The zero-order valence-corrected chi connectivity index (χ0v) is 12.6. The number of halogens is 1. The number of hydrogen-bond donors (Lipinski definition) is 2. The zero-order chi connectivity index (χ0) is 13.9. The van der Waals surface area contributed by atoms with Crippen LogP contribution in [-0.4, -0.2) is 31.2 Å². The van der Waals surface area contributed by atoms with Gasteiger partial charge < -0.3 is 20.5 Å². The summed E-state index contributed by atoms with van der Waals surface area (Å²) >= 11 is 0. The minimum Gasteiger partial charge on any atom is -0.490 e. The Morgan fingerprint density at radius 3 is 2.60 bits per heavy atom. The summed E-state index contributed by atoms with van der Waals surface area (Å²) in [5, 5.41) is 2.88. The largest absolute Gasteiger partial charge is 0.490 e. The first-order chi connectivity index (χ1) is 9.02. The molecule has 3 N–H and O–H groups in total. The topological polar surface area (TPSA) is 73.6 Å². The number of fused-ring (bicyclic) bond motifs is 1. The molecule has 0 saturated heterocycles. The summed E-state index contributed by atoms with van der Waals surface area (Å²) in [5.41, 5.74) is 5.72. The van der Waals surface area contributed by atoms with Crippen molar-refractivity contribution in [3.8, 4) is 11.5 Å². The maximum Gasteiger partial charge on any atom is 0.251 e. The van der Waals surface area contributed by atoms with Gasteiger partial charge in [0.15, 0.2) is 11.5 Å². The Hall–Kier alpha value is -1.46. The van der Waals surface area contributed by atoms with Crippen molar-refractivity contribution in [2.24, 2.45) is 5.73 Å². The summed E-state index contributed by atoms with van der Waals surface area (Å²) in [6.45, 7) is 5.39. The average molecular weight is 301 g/mol. The molecule has 5 nitrogen and oxygen atoms in total. The lowest BCUT2D eigenvalue weighted by molar-refractivity contribution is 0.0915. The molecule has 0 fully saturated rings. The molecule has 0 radical (unpaired) electrons. The van der Waals surface area contributed by atoms with Crippen LogP contribution in [0.25, 0.3) is 0 Å². The van der Waals surface area contributed by atoms with Gasteiger partial charge in [0.25, 0.3) is 5.91 Å². The molecule has 1 aromatic rings. The number of carbonyl (C=O) groups excluding carboxylic acids is 1. The highest BCUT2D eigenvalue weighted by molar-refractivity contribution is 5.95. The van der Waals surface area contributed by atoms with Gasteiger partial charge in [-0.05, 0) is 32.0 Å². The summed E-state index contributed by atoms with van der Waals surface area (Å²) in [7, 11) is 0. The van der Waals surface area contributed by atoms with Gasteiger partial charge in [0.05, 0.1) is 13.2 Å². The molecular formula is C14H21ClN2O3. The van der Waals surface area contributed by atoms with Crippen molar-refractivity contribution in [3.05, 3.63) is 23.8 Å². The number of ether oxygens (including phenoxy) is 2. The molecule has 1 amide bonds. The fourth-order valence-electron chi connectivity index (χ4n) is 1.74. The number of benzene rings is 1. The predicted octanol–water partition coefficient (Wildman–Crippen LogP) is 1.74. The summed E-state index contributed by atoms with van der Waals surface area (Å²) in [6.07, 6.45) is 0.844. The SMILES string of the molecule is CC(C)(CN)NC(=O)c1ccc2c(c1)OCCCO2.Cl. The van der Waals surface area contributed by atoms with Crippen molar-refractivity contribution in [3.63, 3.8) is 0 Å². The molecule has 112 valence electrons. The van der Waals surface area contributed by atoms with Gasteiger partial charge in [-0.3, -0.25) is 4.79 Å². The predicted molar refractivity (Wildman–Crippen MR) is 79.9 cm³/mol.